The SMILES string of the molecule is N#CC(=Cc1ccccc1C=C(C#N)c1ccccc1Br)c1ccccc1Br. The first-order valence-corrected chi connectivity index (χ1v) is 10.0. The molecule has 134 valence electrons. The molecule has 0 aliphatic heterocycles. The largest absolute Gasteiger partial charge is 0.192 e. The maximum Gasteiger partial charge on any atom is 0.0998 e. The lowest BCUT2D eigenvalue weighted by atomic mass is 9.98. The molecule has 0 radical (unpaired) electrons. The zero-order chi connectivity index (χ0) is 19.9. The molecule has 0 spiro atoms. The Morgan fingerprint density at radius 2 is 0.964 bits per heavy atom. The van der Waals surface area contributed by atoms with Crippen molar-refractivity contribution in [3.8, 4) is 12.1 Å². The minimum Gasteiger partial charge on any atom is -0.192 e. The Morgan fingerprint density at radius 1 is 0.607 bits per heavy atom. The molecule has 0 aliphatic rings. The van der Waals surface area contributed by atoms with Gasteiger partial charge in [0, 0.05) is 20.1 Å². The molecule has 0 atom stereocenters. The Balaban J connectivity index is 2.12. The van der Waals surface area contributed by atoms with Crippen molar-refractivity contribution in [3.05, 3.63) is 104 Å². The Kier molecular flexibility index (Phi) is 6.61. The number of halogens is 2. The molecule has 0 bridgehead atoms. The molecule has 28 heavy (non-hydrogen) atoms. The van der Waals surface area contributed by atoms with Crippen molar-refractivity contribution in [1.29, 1.82) is 10.5 Å². The first-order chi connectivity index (χ1) is 13.6. The highest BCUT2D eigenvalue weighted by Crippen LogP contribution is 2.29. The van der Waals surface area contributed by atoms with Crippen molar-refractivity contribution in [3.63, 3.8) is 0 Å². The zero-order valence-corrected chi connectivity index (χ0v) is 17.9. The van der Waals surface area contributed by atoms with Crippen molar-refractivity contribution in [2.24, 2.45) is 0 Å². The first-order valence-electron chi connectivity index (χ1n) is 8.46. The normalized spacial score (nSPS) is 11.6. The molecule has 2 nitrogen and oxygen atoms in total. The molecular weight excluding hydrogens is 476 g/mol. The van der Waals surface area contributed by atoms with Crippen LogP contribution in [0.3, 0.4) is 0 Å². The van der Waals surface area contributed by atoms with E-state index in [0.29, 0.717) is 11.1 Å². The number of rotatable bonds is 4. The van der Waals surface area contributed by atoms with Crippen LogP contribution in [0.25, 0.3) is 23.3 Å². The fourth-order valence-corrected chi connectivity index (χ4v) is 3.78. The number of nitrogens with zero attached hydrogens (tertiary/aromatic N) is 2. The van der Waals surface area contributed by atoms with Crippen LogP contribution in [0.5, 0.6) is 0 Å². The number of hydrogen-bond acceptors (Lipinski definition) is 2. The second kappa shape index (κ2) is 9.33. The van der Waals surface area contributed by atoms with Crippen LogP contribution in [0, 0.1) is 22.7 Å². The van der Waals surface area contributed by atoms with Gasteiger partial charge >= 0.3 is 0 Å². The van der Waals surface area contributed by atoms with Crippen molar-refractivity contribution in [1.82, 2.24) is 0 Å². The van der Waals surface area contributed by atoms with Gasteiger partial charge in [0.2, 0.25) is 0 Å². The summed E-state index contributed by atoms with van der Waals surface area (Å²) in [5.41, 5.74) is 4.50. The summed E-state index contributed by atoms with van der Waals surface area (Å²) in [4.78, 5) is 0. The molecule has 0 saturated heterocycles. The molecule has 0 amide bonds. The van der Waals surface area contributed by atoms with Crippen molar-refractivity contribution in [2.75, 3.05) is 0 Å². The van der Waals surface area contributed by atoms with Gasteiger partial charge in [-0.25, -0.2) is 0 Å². The van der Waals surface area contributed by atoms with Crippen LogP contribution >= 0.6 is 31.9 Å². The van der Waals surface area contributed by atoms with E-state index in [9.17, 15) is 10.5 Å². The molecule has 0 heterocycles. The fraction of sp³-hybridized carbons (Fsp3) is 0. The van der Waals surface area contributed by atoms with Crippen LogP contribution < -0.4 is 0 Å². The zero-order valence-electron chi connectivity index (χ0n) is 14.7. The van der Waals surface area contributed by atoms with Crippen molar-refractivity contribution < 1.29 is 0 Å². The van der Waals surface area contributed by atoms with E-state index in [1.165, 1.54) is 0 Å². The highest BCUT2D eigenvalue weighted by atomic mass is 79.9. The molecule has 0 saturated carbocycles. The monoisotopic (exact) mass is 488 g/mol. The van der Waals surface area contributed by atoms with E-state index < -0.39 is 0 Å². The van der Waals surface area contributed by atoms with Crippen LogP contribution in [0.4, 0.5) is 0 Å². The third kappa shape index (κ3) is 4.49. The van der Waals surface area contributed by atoms with Gasteiger partial charge in [-0.15, -0.1) is 0 Å². The predicted octanol–water partition coefficient (Wildman–Crippen LogP) is 7.34. The summed E-state index contributed by atoms with van der Waals surface area (Å²) < 4.78 is 1.73. The number of allylic oxidation sites excluding steroid dienone is 2. The summed E-state index contributed by atoms with van der Waals surface area (Å²) in [6, 6.07) is 27.5. The van der Waals surface area contributed by atoms with E-state index in [-0.39, 0.29) is 0 Å². The van der Waals surface area contributed by atoms with Crippen LogP contribution in [0.1, 0.15) is 22.3 Å². The van der Waals surface area contributed by atoms with Crippen molar-refractivity contribution >= 4 is 55.2 Å². The Morgan fingerprint density at radius 3 is 1.32 bits per heavy atom. The molecule has 0 fully saturated rings. The molecule has 0 aliphatic carbocycles. The lowest BCUT2D eigenvalue weighted by Crippen LogP contribution is -1.88. The van der Waals surface area contributed by atoms with Gasteiger partial charge in [0.15, 0.2) is 0 Å². The quantitative estimate of drug-likeness (QED) is 0.284. The van der Waals surface area contributed by atoms with Gasteiger partial charge in [-0.3, -0.25) is 0 Å². The second-order valence-electron chi connectivity index (χ2n) is 5.93. The van der Waals surface area contributed by atoms with Gasteiger partial charge in [-0.05, 0) is 35.4 Å². The third-order valence-electron chi connectivity index (χ3n) is 4.16. The number of benzene rings is 3. The third-order valence-corrected chi connectivity index (χ3v) is 5.55. The van der Waals surface area contributed by atoms with E-state index in [1.54, 1.807) is 0 Å². The molecular formula is C24H14Br2N2. The standard InChI is InChI=1S/C24H14Br2N2/c25-23-11-5-3-9-21(23)19(15-27)13-17-7-1-2-8-18(17)14-20(16-28)22-10-4-6-12-24(22)26/h1-14H. The maximum absolute atomic E-state index is 9.69. The summed E-state index contributed by atoms with van der Waals surface area (Å²) in [6.45, 7) is 0. The van der Waals surface area contributed by atoms with Crippen LogP contribution in [-0.2, 0) is 0 Å². The minimum atomic E-state index is 0.549. The molecule has 0 N–H and O–H groups in total. The Hall–Kier alpha value is -2.92. The van der Waals surface area contributed by atoms with Gasteiger partial charge in [0.25, 0.3) is 0 Å². The van der Waals surface area contributed by atoms with Gasteiger partial charge in [-0.1, -0.05) is 92.5 Å². The molecule has 3 aromatic rings. The summed E-state index contributed by atoms with van der Waals surface area (Å²) in [5.74, 6) is 0. The van der Waals surface area contributed by atoms with E-state index in [0.717, 1.165) is 31.2 Å². The predicted molar refractivity (Wildman–Crippen MR) is 122 cm³/mol. The highest BCUT2D eigenvalue weighted by Gasteiger charge is 2.09. The van der Waals surface area contributed by atoms with Crippen LogP contribution in [0.15, 0.2) is 81.7 Å². The number of nitriles is 2. The molecule has 0 unspecified atom stereocenters. The Labute approximate surface area is 181 Å². The molecule has 3 aromatic carbocycles. The van der Waals surface area contributed by atoms with E-state index in [1.807, 2.05) is 84.9 Å². The first kappa shape index (κ1) is 19.8. The number of hydrogen-bond donors (Lipinski definition) is 0. The smallest absolute Gasteiger partial charge is 0.0998 e. The topological polar surface area (TPSA) is 47.6 Å². The van der Waals surface area contributed by atoms with E-state index >= 15 is 0 Å². The fourth-order valence-electron chi connectivity index (χ4n) is 2.78. The van der Waals surface area contributed by atoms with Crippen LogP contribution in [-0.4, -0.2) is 0 Å². The molecule has 3 rings (SSSR count). The van der Waals surface area contributed by atoms with E-state index in [2.05, 4.69) is 44.0 Å². The summed E-state index contributed by atoms with van der Waals surface area (Å²) >= 11 is 7.01. The average Bonchev–Trinajstić information content (AvgIpc) is 2.72. The van der Waals surface area contributed by atoms with Crippen LogP contribution in [0.2, 0.25) is 0 Å². The lowest BCUT2D eigenvalue weighted by molar-refractivity contribution is 1.50. The highest BCUT2D eigenvalue weighted by molar-refractivity contribution is 9.10. The maximum atomic E-state index is 9.69. The average molecular weight is 490 g/mol. The second-order valence-corrected chi connectivity index (χ2v) is 7.64. The van der Waals surface area contributed by atoms with Gasteiger partial charge in [0.1, 0.15) is 0 Å². The van der Waals surface area contributed by atoms with Gasteiger partial charge in [0.05, 0.1) is 23.3 Å². The summed E-state index contributed by atoms with van der Waals surface area (Å²) in [5, 5.41) is 19.4. The summed E-state index contributed by atoms with van der Waals surface area (Å²) in [6.07, 6.45) is 3.70. The minimum absolute atomic E-state index is 0.549. The van der Waals surface area contributed by atoms with Gasteiger partial charge in [-0.2, -0.15) is 10.5 Å². The Bertz CT molecular complexity index is 1070. The lowest BCUT2D eigenvalue weighted by Gasteiger charge is -2.07. The molecule has 0 aromatic heterocycles. The van der Waals surface area contributed by atoms with Crippen molar-refractivity contribution in [2.45, 2.75) is 0 Å². The van der Waals surface area contributed by atoms with E-state index in [4.69, 9.17) is 0 Å². The van der Waals surface area contributed by atoms with Gasteiger partial charge < -0.3 is 0 Å². The summed E-state index contributed by atoms with van der Waals surface area (Å²) in [7, 11) is 0. The molecule has 4 heteroatoms.